The zero-order valence-electron chi connectivity index (χ0n) is 9.99. The van der Waals surface area contributed by atoms with Crippen LogP contribution in [0.25, 0.3) is 0 Å². The number of nitrogens with one attached hydrogen (secondary N) is 1. The molecule has 0 aromatic carbocycles. The zero-order chi connectivity index (χ0) is 11.5. The minimum atomic E-state index is 0. The molecule has 0 saturated heterocycles. The van der Waals surface area contributed by atoms with E-state index in [-0.39, 0.29) is 18.3 Å². The Morgan fingerprint density at radius 2 is 2.41 bits per heavy atom. The van der Waals surface area contributed by atoms with Gasteiger partial charge in [-0.15, -0.1) is 23.7 Å². The van der Waals surface area contributed by atoms with Crippen molar-refractivity contribution in [3.05, 3.63) is 21.4 Å². The Morgan fingerprint density at radius 3 is 3.12 bits per heavy atom. The number of nitrogens with two attached hydrogens (primary N) is 1. The fourth-order valence-corrected chi connectivity index (χ4v) is 3.22. The lowest BCUT2D eigenvalue weighted by Gasteiger charge is -2.16. The second kappa shape index (κ2) is 6.38. The minimum absolute atomic E-state index is 0. The van der Waals surface area contributed by atoms with Gasteiger partial charge in [-0.2, -0.15) is 0 Å². The lowest BCUT2D eigenvalue weighted by molar-refractivity contribution is 0.0958. The summed E-state index contributed by atoms with van der Waals surface area (Å²) in [5.41, 5.74) is 6.74. The molecule has 0 spiro atoms. The van der Waals surface area contributed by atoms with Crippen molar-refractivity contribution in [1.82, 2.24) is 5.32 Å². The molecule has 1 aliphatic carbocycles. The quantitative estimate of drug-likeness (QED) is 0.886. The second-order valence-corrected chi connectivity index (χ2v) is 5.59. The molecule has 2 rings (SSSR count). The van der Waals surface area contributed by atoms with Crippen molar-refractivity contribution < 1.29 is 4.79 Å². The molecule has 3 nitrogen and oxygen atoms in total. The number of hydrogen-bond acceptors (Lipinski definition) is 3. The van der Waals surface area contributed by atoms with Crippen molar-refractivity contribution in [1.29, 1.82) is 0 Å². The molecule has 3 N–H and O–H groups in total. The molecule has 0 radical (unpaired) electrons. The third kappa shape index (κ3) is 3.44. The number of amides is 1. The maximum absolute atomic E-state index is 11.7. The highest BCUT2D eigenvalue weighted by Gasteiger charge is 2.20. The standard InChI is InChI=1S/C12H18N2OS.ClH/c1-8-2-3-10-9(6-8)7-11(16-10)12(15)14-5-4-13;/h7-8H,2-6,13H2,1H3,(H,14,15);1H. The largest absolute Gasteiger partial charge is 0.350 e. The molecular formula is C12H19ClN2OS. The first-order chi connectivity index (χ1) is 7.70. The van der Waals surface area contributed by atoms with Crippen LogP contribution in [0.1, 0.15) is 33.5 Å². The van der Waals surface area contributed by atoms with E-state index >= 15 is 0 Å². The molecule has 17 heavy (non-hydrogen) atoms. The summed E-state index contributed by atoms with van der Waals surface area (Å²) in [5.74, 6) is 0.777. The molecule has 5 heteroatoms. The Hall–Kier alpha value is -0.580. The first-order valence-corrected chi connectivity index (χ1v) is 6.62. The van der Waals surface area contributed by atoms with Gasteiger partial charge in [0.2, 0.25) is 0 Å². The Kier molecular flexibility index (Phi) is 5.43. The van der Waals surface area contributed by atoms with Gasteiger partial charge in [-0.1, -0.05) is 6.92 Å². The fraction of sp³-hybridized carbons (Fsp3) is 0.583. The topological polar surface area (TPSA) is 55.1 Å². The van der Waals surface area contributed by atoms with Gasteiger partial charge in [0.05, 0.1) is 4.88 Å². The first kappa shape index (κ1) is 14.5. The minimum Gasteiger partial charge on any atom is -0.350 e. The molecule has 0 bridgehead atoms. The lowest BCUT2D eigenvalue weighted by Crippen LogP contribution is -2.28. The summed E-state index contributed by atoms with van der Waals surface area (Å²) in [7, 11) is 0. The second-order valence-electron chi connectivity index (χ2n) is 4.45. The van der Waals surface area contributed by atoms with E-state index < -0.39 is 0 Å². The van der Waals surface area contributed by atoms with Crippen molar-refractivity contribution in [2.24, 2.45) is 11.7 Å². The van der Waals surface area contributed by atoms with Crippen LogP contribution in [-0.4, -0.2) is 19.0 Å². The third-order valence-corrected chi connectivity index (χ3v) is 4.22. The fourth-order valence-electron chi connectivity index (χ4n) is 2.09. The first-order valence-electron chi connectivity index (χ1n) is 5.80. The van der Waals surface area contributed by atoms with Crippen LogP contribution in [0.15, 0.2) is 6.07 Å². The number of halogens is 1. The number of fused-ring (bicyclic) bond motifs is 1. The summed E-state index contributed by atoms with van der Waals surface area (Å²) >= 11 is 1.64. The highest BCUT2D eigenvalue weighted by molar-refractivity contribution is 7.14. The number of carbonyl (C=O) groups excluding carboxylic acids is 1. The van der Waals surface area contributed by atoms with E-state index in [2.05, 4.69) is 18.3 Å². The SMILES string of the molecule is CC1CCc2sc(C(=O)NCCN)cc2C1.Cl. The number of rotatable bonds is 3. The zero-order valence-corrected chi connectivity index (χ0v) is 11.6. The molecule has 1 unspecified atom stereocenters. The smallest absolute Gasteiger partial charge is 0.261 e. The molecule has 0 fully saturated rings. The molecule has 1 aromatic heterocycles. The van der Waals surface area contributed by atoms with Crippen molar-refractivity contribution in [2.75, 3.05) is 13.1 Å². The van der Waals surface area contributed by atoms with E-state index in [1.54, 1.807) is 11.3 Å². The molecular weight excluding hydrogens is 256 g/mol. The van der Waals surface area contributed by atoms with E-state index in [1.165, 1.54) is 16.9 Å². The molecule has 1 amide bonds. The number of hydrogen-bond donors (Lipinski definition) is 2. The van der Waals surface area contributed by atoms with E-state index in [0.29, 0.717) is 13.1 Å². The molecule has 1 aromatic rings. The van der Waals surface area contributed by atoms with Crippen LogP contribution in [0.4, 0.5) is 0 Å². The van der Waals surface area contributed by atoms with Gasteiger partial charge in [-0.3, -0.25) is 4.79 Å². The summed E-state index contributed by atoms with van der Waals surface area (Å²) in [6, 6.07) is 2.06. The summed E-state index contributed by atoms with van der Waals surface area (Å²) in [5, 5.41) is 2.82. The molecule has 1 aliphatic rings. The monoisotopic (exact) mass is 274 g/mol. The highest BCUT2D eigenvalue weighted by atomic mass is 35.5. The van der Waals surface area contributed by atoms with E-state index in [1.807, 2.05) is 0 Å². The van der Waals surface area contributed by atoms with Gasteiger partial charge in [0, 0.05) is 18.0 Å². The van der Waals surface area contributed by atoms with Crippen LogP contribution in [0.5, 0.6) is 0 Å². The van der Waals surface area contributed by atoms with Crippen LogP contribution in [-0.2, 0) is 12.8 Å². The van der Waals surface area contributed by atoms with Crippen molar-refractivity contribution in [3.63, 3.8) is 0 Å². The number of thiophene rings is 1. The van der Waals surface area contributed by atoms with Gasteiger partial charge >= 0.3 is 0 Å². The maximum Gasteiger partial charge on any atom is 0.261 e. The van der Waals surface area contributed by atoms with Crippen molar-refractivity contribution in [2.45, 2.75) is 26.2 Å². The van der Waals surface area contributed by atoms with Gasteiger partial charge < -0.3 is 11.1 Å². The molecule has 1 heterocycles. The highest BCUT2D eigenvalue weighted by Crippen LogP contribution is 2.32. The lowest BCUT2D eigenvalue weighted by atomic mass is 9.90. The summed E-state index contributed by atoms with van der Waals surface area (Å²) in [6.07, 6.45) is 3.50. The molecule has 0 aliphatic heterocycles. The average Bonchev–Trinajstić information content (AvgIpc) is 2.68. The van der Waals surface area contributed by atoms with Gasteiger partial charge in [0.1, 0.15) is 0 Å². The molecule has 1 atom stereocenters. The summed E-state index contributed by atoms with van der Waals surface area (Å²) in [4.78, 5) is 14.0. The number of aryl methyl sites for hydroxylation is 1. The summed E-state index contributed by atoms with van der Waals surface area (Å²) in [6.45, 7) is 3.32. The molecule has 96 valence electrons. The Balaban J connectivity index is 0.00000144. The van der Waals surface area contributed by atoms with Gasteiger partial charge in [-0.05, 0) is 36.8 Å². The van der Waals surface area contributed by atoms with E-state index in [4.69, 9.17) is 5.73 Å². The van der Waals surface area contributed by atoms with Crippen LogP contribution >= 0.6 is 23.7 Å². The predicted octanol–water partition coefficient (Wildman–Crippen LogP) is 1.98. The van der Waals surface area contributed by atoms with Gasteiger partial charge in [0.25, 0.3) is 5.91 Å². The van der Waals surface area contributed by atoms with Crippen LogP contribution < -0.4 is 11.1 Å². The van der Waals surface area contributed by atoms with Gasteiger partial charge in [-0.25, -0.2) is 0 Å². The Bertz CT molecular complexity index is 392. The van der Waals surface area contributed by atoms with E-state index in [0.717, 1.165) is 23.6 Å². The van der Waals surface area contributed by atoms with Gasteiger partial charge in [0.15, 0.2) is 0 Å². The third-order valence-electron chi connectivity index (χ3n) is 2.98. The summed E-state index contributed by atoms with van der Waals surface area (Å²) < 4.78 is 0. The van der Waals surface area contributed by atoms with Crippen molar-refractivity contribution in [3.8, 4) is 0 Å². The van der Waals surface area contributed by atoms with Crippen molar-refractivity contribution >= 4 is 29.7 Å². The normalized spacial score (nSPS) is 18.1. The molecule has 0 saturated carbocycles. The number of carbonyl (C=O) groups is 1. The van der Waals surface area contributed by atoms with Crippen LogP contribution in [0.2, 0.25) is 0 Å². The van der Waals surface area contributed by atoms with E-state index in [9.17, 15) is 4.79 Å². The van der Waals surface area contributed by atoms with Crippen LogP contribution in [0, 0.1) is 5.92 Å². The Labute approximate surface area is 112 Å². The maximum atomic E-state index is 11.7. The average molecular weight is 275 g/mol. The Morgan fingerprint density at radius 1 is 1.65 bits per heavy atom. The van der Waals surface area contributed by atoms with Crippen LogP contribution in [0.3, 0.4) is 0 Å². The predicted molar refractivity (Wildman–Crippen MR) is 74.1 cm³/mol.